The van der Waals surface area contributed by atoms with E-state index in [2.05, 4.69) is 34.3 Å². The van der Waals surface area contributed by atoms with E-state index in [1.165, 1.54) is 5.56 Å². The number of carbonyl (C=O) groups excluding carboxylic acids is 1. The van der Waals surface area contributed by atoms with E-state index in [9.17, 15) is 4.79 Å². The first-order chi connectivity index (χ1) is 13.6. The number of rotatable bonds is 5. The first-order valence-corrected chi connectivity index (χ1v) is 9.38. The number of benzene rings is 1. The second kappa shape index (κ2) is 7.26. The van der Waals surface area contributed by atoms with Crippen LogP contribution in [0.3, 0.4) is 0 Å². The van der Waals surface area contributed by atoms with Crippen molar-refractivity contribution in [2.75, 3.05) is 5.32 Å². The van der Waals surface area contributed by atoms with Gasteiger partial charge in [-0.2, -0.15) is 10.2 Å². The number of aryl methyl sites for hydroxylation is 2. The van der Waals surface area contributed by atoms with Gasteiger partial charge >= 0.3 is 0 Å². The molecule has 4 rings (SSSR count). The Morgan fingerprint density at radius 3 is 2.61 bits per heavy atom. The summed E-state index contributed by atoms with van der Waals surface area (Å²) < 4.78 is 3.62. The summed E-state index contributed by atoms with van der Waals surface area (Å²) in [7, 11) is 0. The predicted octanol–water partition coefficient (Wildman–Crippen LogP) is 3.74. The zero-order valence-electron chi connectivity index (χ0n) is 16.2. The van der Waals surface area contributed by atoms with E-state index in [4.69, 9.17) is 0 Å². The van der Waals surface area contributed by atoms with Gasteiger partial charge in [0, 0.05) is 35.8 Å². The lowest BCUT2D eigenvalue weighted by Gasteiger charge is -2.05. The molecule has 0 fully saturated rings. The second-order valence-electron chi connectivity index (χ2n) is 6.59. The van der Waals surface area contributed by atoms with Crippen LogP contribution in [0.1, 0.15) is 35.6 Å². The van der Waals surface area contributed by atoms with Crippen LogP contribution in [0.5, 0.6) is 0 Å². The molecule has 142 valence electrons. The van der Waals surface area contributed by atoms with E-state index in [1.54, 1.807) is 16.8 Å². The summed E-state index contributed by atoms with van der Waals surface area (Å²) in [5.41, 5.74) is 5.78. The van der Waals surface area contributed by atoms with Gasteiger partial charge in [-0.15, -0.1) is 0 Å². The van der Waals surface area contributed by atoms with E-state index in [-0.39, 0.29) is 5.91 Å². The van der Waals surface area contributed by atoms with E-state index in [0.29, 0.717) is 11.3 Å². The smallest absolute Gasteiger partial charge is 0.276 e. The zero-order valence-corrected chi connectivity index (χ0v) is 16.2. The number of anilines is 1. The maximum atomic E-state index is 12.7. The molecule has 1 amide bonds. The van der Waals surface area contributed by atoms with Gasteiger partial charge in [0.1, 0.15) is 0 Å². The summed E-state index contributed by atoms with van der Waals surface area (Å²) in [6, 6.07) is 11.4. The van der Waals surface area contributed by atoms with Crippen molar-refractivity contribution >= 4 is 17.2 Å². The minimum Gasteiger partial charge on any atom is -0.321 e. The Labute approximate surface area is 163 Å². The molecule has 0 aliphatic heterocycles. The van der Waals surface area contributed by atoms with Gasteiger partial charge in [-0.1, -0.05) is 19.1 Å². The molecule has 0 atom stereocenters. The molecule has 0 saturated carbocycles. The Morgan fingerprint density at radius 1 is 1.14 bits per heavy atom. The molecule has 1 N–H and O–H groups in total. The number of nitrogens with one attached hydrogen (secondary N) is 1. The molecule has 0 aliphatic rings. The summed E-state index contributed by atoms with van der Waals surface area (Å²) in [6.07, 6.45) is 4.51. The average Bonchev–Trinajstić information content (AvgIpc) is 3.32. The Kier molecular flexibility index (Phi) is 4.65. The first kappa shape index (κ1) is 17.9. The maximum absolute atomic E-state index is 12.7. The highest BCUT2D eigenvalue weighted by molar-refractivity contribution is 6.03. The molecule has 4 aromatic rings. The van der Waals surface area contributed by atoms with Crippen LogP contribution in [0, 0.1) is 6.92 Å². The van der Waals surface area contributed by atoms with Crippen molar-refractivity contribution in [1.82, 2.24) is 24.4 Å². The third-order valence-corrected chi connectivity index (χ3v) is 4.89. The minimum atomic E-state index is -0.262. The van der Waals surface area contributed by atoms with E-state index in [0.717, 1.165) is 35.6 Å². The van der Waals surface area contributed by atoms with Crippen LogP contribution in [0.4, 0.5) is 5.69 Å². The molecule has 0 aliphatic carbocycles. The molecule has 7 nitrogen and oxygen atoms in total. The number of hydrogen-bond acceptors (Lipinski definition) is 4. The molecule has 0 spiro atoms. The van der Waals surface area contributed by atoms with Crippen molar-refractivity contribution in [3.8, 4) is 11.3 Å². The number of nitrogens with zero attached hydrogens (tertiary/aromatic N) is 5. The minimum absolute atomic E-state index is 0.262. The average molecular weight is 374 g/mol. The van der Waals surface area contributed by atoms with Crippen molar-refractivity contribution in [3.63, 3.8) is 0 Å². The molecule has 28 heavy (non-hydrogen) atoms. The van der Waals surface area contributed by atoms with Gasteiger partial charge < -0.3 is 5.32 Å². The Hall–Kier alpha value is -3.48. The summed E-state index contributed by atoms with van der Waals surface area (Å²) >= 11 is 0. The first-order valence-electron chi connectivity index (χ1n) is 9.38. The molecule has 7 heteroatoms. The van der Waals surface area contributed by atoms with Crippen LogP contribution < -0.4 is 5.32 Å². The highest BCUT2D eigenvalue weighted by Gasteiger charge is 2.16. The second-order valence-corrected chi connectivity index (χ2v) is 6.59. The SMILES string of the molecule is CCc1ccc(NC(=O)c2cc3nccc(-c4cnn(CC)c4C)n3n2)cc1. The number of amides is 1. The monoisotopic (exact) mass is 374 g/mol. The largest absolute Gasteiger partial charge is 0.321 e. The van der Waals surface area contributed by atoms with Crippen LogP contribution in [-0.2, 0) is 13.0 Å². The van der Waals surface area contributed by atoms with Crippen molar-refractivity contribution in [2.24, 2.45) is 0 Å². The van der Waals surface area contributed by atoms with E-state index >= 15 is 0 Å². The standard InChI is InChI=1S/C21H22N6O/c1-4-15-6-8-16(9-7-15)24-21(28)18-12-20-22-11-10-19(27(20)25-18)17-13-23-26(5-2)14(17)3/h6-13H,4-5H2,1-3H3,(H,24,28). The van der Waals surface area contributed by atoms with Gasteiger partial charge in [0.15, 0.2) is 11.3 Å². The van der Waals surface area contributed by atoms with Crippen LogP contribution in [0.2, 0.25) is 0 Å². The molecular formula is C21H22N6O. The lowest BCUT2D eigenvalue weighted by molar-refractivity contribution is 0.102. The van der Waals surface area contributed by atoms with E-state index in [1.807, 2.05) is 48.1 Å². The third kappa shape index (κ3) is 3.15. The van der Waals surface area contributed by atoms with Crippen molar-refractivity contribution in [2.45, 2.75) is 33.7 Å². The van der Waals surface area contributed by atoms with Gasteiger partial charge in [-0.3, -0.25) is 9.48 Å². The summed E-state index contributed by atoms with van der Waals surface area (Å²) in [6.45, 7) is 6.97. The fourth-order valence-electron chi connectivity index (χ4n) is 3.25. The molecule has 0 unspecified atom stereocenters. The van der Waals surface area contributed by atoms with Gasteiger partial charge in [0.05, 0.1) is 11.9 Å². The lowest BCUT2D eigenvalue weighted by atomic mass is 10.1. The van der Waals surface area contributed by atoms with Crippen molar-refractivity contribution in [3.05, 3.63) is 65.7 Å². The van der Waals surface area contributed by atoms with Crippen LogP contribution >= 0.6 is 0 Å². The van der Waals surface area contributed by atoms with Gasteiger partial charge in [0.2, 0.25) is 0 Å². The third-order valence-electron chi connectivity index (χ3n) is 4.89. The number of carbonyl (C=O) groups is 1. The molecule has 0 radical (unpaired) electrons. The molecule has 1 aromatic carbocycles. The molecule has 3 aromatic heterocycles. The van der Waals surface area contributed by atoms with Gasteiger partial charge in [-0.25, -0.2) is 9.50 Å². The highest BCUT2D eigenvalue weighted by atomic mass is 16.1. The zero-order chi connectivity index (χ0) is 19.7. The predicted molar refractivity (Wildman–Crippen MR) is 108 cm³/mol. The highest BCUT2D eigenvalue weighted by Crippen LogP contribution is 2.23. The Bertz CT molecular complexity index is 1140. The van der Waals surface area contributed by atoms with Crippen molar-refractivity contribution in [1.29, 1.82) is 0 Å². The number of aromatic nitrogens is 5. The van der Waals surface area contributed by atoms with Crippen LogP contribution in [0.15, 0.2) is 48.8 Å². The Morgan fingerprint density at radius 2 is 1.93 bits per heavy atom. The van der Waals surface area contributed by atoms with Crippen LogP contribution in [0.25, 0.3) is 16.9 Å². The van der Waals surface area contributed by atoms with Gasteiger partial charge in [-0.05, 0) is 44.0 Å². The van der Waals surface area contributed by atoms with Crippen LogP contribution in [-0.4, -0.2) is 30.3 Å². The Balaban J connectivity index is 1.67. The quantitative estimate of drug-likeness (QED) is 0.577. The lowest BCUT2D eigenvalue weighted by Crippen LogP contribution is -2.12. The summed E-state index contributed by atoms with van der Waals surface area (Å²) in [5, 5.41) is 11.8. The molecule has 0 bridgehead atoms. The molecule has 0 saturated heterocycles. The summed E-state index contributed by atoms with van der Waals surface area (Å²) in [4.78, 5) is 17.0. The maximum Gasteiger partial charge on any atom is 0.276 e. The number of hydrogen-bond donors (Lipinski definition) is 1. The van der Waals surface area contributed by atoms with E-state index < -0.39 is 0 Å². The normalized spacial score (nSPS) is 11.1. The molecular weight excluding hydrogens is 352 g/mol. The number of fused-ring (bicyclic) bond motifs is 1. The topological polar surface area (TPSA) is 77.1 Å². The fraction of sp³-hybridized carbons (Fsp3) is 0.238. The fourth-order valence-corrected chi connectivity index (χ4v) is 3.25. The summed E-state index contributed by atoms with van der Waals surface area (Å²) in [5.74, 6) is -0.262. The van der Waals surface area contributed by atoms with Crippen molar-refractivity contribution < 1.29 is 4.79 Å². The van der Waals surface area contributed by atoms with Gasteiger partial charge in [0.25, 0.3) is 5.91 Å². The molecule has 3 heterocycles.